The van der Waals surface area contributed by atoms with E-state index in [0.717, 1.165) is 30.7 Å². The summed E-state index contributed by atoms with van der Waals surface area (Å²) in [5, 5.41) is 17.7. The highest BCUT2D eigenvalue weighted by Gasteiger charge is 2.21. The molecule has 3 aromatic heterocycles. The summed E-state index contributed by atoms with van der Waals surface area (Å²) < 4.78 is 9.31. The number of imidazole rings is 1. The molecule has 12 heteroatoms. The van der Waals surface area contributed by atoms with Gasteiger partial charge in [-0.05, 0) is 58.2 Å². The molecule has 4 aromatic rings. The molecule has 0 radical (unpaired) electrons. The predicted octanol–water partition coefficient (Wildman–Crippen LogP) is 4.14. The standard InChI is InChI=1S/C22H24BrN7O4/c1-3-27(4-2)11-12-29-18-8-6-5-7-17(18)24-22(29)25-21(31)19-10-9-15(34-19)13-28-14-16(23)20(26-28)30(32)33/h5-10,14H,3-4,11-13H2,1-2H3,(H,24,25,31). The summed E-state index contributed by atoms with van der Waals surface area (Å²) in [4.78, 5) is 30.2. The highest BCUT2D eigenvalue weighted by Crippen LogP contribution is 2.23. The van der Waals surface area contributed by atoms with Gasteiger partial charge in [0.2, 0.25) is 5.95 Å². The first kappa shape index (κ1) is 23.6. The van der Waals surface area contributed by atoms with E-state index in [9.17, 15) is 14.9 Å². The van der Waals surface area contributed by atoms with E-state index in [1.807, 2.05) is 28.8 Å². The maximum absolute atomic E-state index is 12.9. The fourth-order valence-electron chi connectivity index (χ4n) is 3.68. The number of hydrogen-bond donors (Lipinski definition) is 1. The van der Waals surface area contributed by atoms with Gasteiger partial charge in [0, 0.05) is 13.1 Å². The van der Waals surface area contributed by atoms with E-state index in [2.05, 4.69) is 50.1 Å². The van der Waals surface area contributed by atoms with Crippen molar-refractivity contribution in [3.8, 4) is 0 Å². The topological polar surface area (TPSA) is 124 Å². The number of anilines is 1. The molecule has 1 amide bonds. The summed E-state index contributed by atoms with van der Waals surface area (Å²) >= 11 is 3.12. The van der Waals surface area contributed by atoms with Gasteiger partial charge < -0.3 is 24.0 Å². The van der Waals surface area contributed by atoms with Crippen molar-refractivity contribution in [2.24, 2.45) is 0 Å². The number of benzene rings is 1. The summed E-state index contributed by atoms with van der Waals surface area (Å²) in [7, 11) is 0. The van der Waals surface area contributed by atoms with Gasteiger partial charge in [0.05, 0.1) is 22.3 Å². The first-order chi connectivity index (χ1) is 16.4. The van der Waals surface area contributed by atoms with Crippen LogP contribution in [0.5, 0.6) is 0 Å². The fraction of sp³-hybridized carbons (Fsp3) is 0.318. The first-order valence-electron chi connectivity index (χ1n) is 10.8. The van der Waals surface area contributed by atoms with Gasteiger partial charge in [-0.1, -0.05) is 26.0 Å². The number of nitro groups is 1. The van der Waals surface area contributed by atoms with Crippen LogP contribution in [0.3, 0.4) is 0 Å². The molecule has 3 heterocycles. The molecule has 0 saturated heterocycles. The number of carbonyl (C=O) groups is 1. The lowest BCUT2D eigenvalue weighted by Crippen LogP contribution is -2.27. The van der Waals surface area contributed by atoms with E-state index in [0.29, 0.717) is 18.3 Å². The van der Waals surface area contributed by atoms with Crippen LogP contribution in [0, 0.1) is 10.1 Å². The second kappa shape index (κ2) is 10.2. The van der Waals surface area contributed by atoms with Crippen LogP contribution in [-0.2, 0) is 13.1 Å². The Morgan fingerprint density at radius 2 is 2.00 bits per heavy atom. The second-order valence-electron chi connectivity index (χ2n) is 7.58. The number of likely N-dealkylation sites (N-methyl/N-ethyl adjacent to an activating group) is 1. The summed E-state index contributed by atoms with van der Waals surface area (Å²) in [6.07, 6.45) is 1.48. The molecule has 0 aliphatic heterocycles. The lowest BCUT2D eigenvalue weighted by atomic mass is 10.3. The number of carbonyl (C=O) groups excluding carboxylic acids is 1. The molecule has 0 bridgehead atoms. The van der Waals surface area contributed by atoms with Crippen molar-refractivity contribution in [1.29, 1.82) is 0 Å². The van der Waals surface area contributed by atoms with Crippen LogP contribution in [0.4, 0.5) is 11.8 Å². The Balaban J connectivity index is 1.51. The number of furan rings is 1. The molecule has 178 valence electrons. The molecule has 0 aliphatic rings. The Bertz CT molecular complexity index is 1320. The molecule has 34 heavy (non-hydrogen) atoms. The third kappa shape index (κ3) is 5.02. The smallest absolute Gasteiger partial charge is 0.404 e. The summed E-state index contributed by atoms with van der Waals surface area (Å²) in [6.45, 7) is 7.76. The molecule has 4 rings (SSSR count). The molecule has 1 N–H and O–H groups in total. The van der Waals surface area contributed by atoms with Crippen LogP contribution in [0.1, 0.15) is 30.2 Å². The normalized spacial score (nSPS) is 11.4. The van der Waals surface area contributed by atoms with E-state index in [4.69, 9.17) is 4.42 Å². The maximum atomic E-state index is 12.9. The quantitative estimate of drug-likeness (QED) is 0.241. The van der Waals surface area contributed by atoms with Gasteiger partial charge in [0.15, 0.2) is 5.76 Å². The zero-order chi connectivity index (χ0) is 24.2. The Kier molecular flexibility index (Phi) is 7.08. The van der Waals surface area contributed by atoms with Crippen molar-refractivity contribution in [3.05, 3.63) is 68.7 Å². The van der Waals surface area contributed by atoms with E-state index in [-0.39, 0.29) is 22.6 Å². The van der Waals surface area contributed by atoms with Crippen molar-refractivity contribution >= 4 is 44.6 Å². The van der Waals surface area contributed by atoms with Gasteiger partial charge >= 0.3 is 5.82 Å². The van der Waals surface area contributed by atoms with Crippen molar-refractivity contribution < 1.29 is 14.1 Å². The van der Waals surface area contributed by atoms with Gasteiger partial charge in [0.1, 0.15) is 16.8 Å². The van der Waals surface area contributed by atoms with Crippen LogP contribution in [0.2, 0.25) is 0 Å². The van der Waals surface area contributed by atoms with Crippen LogP contribution in [0.25, 0.3) is 11.0 Å². The second-order valence-corrected chi connectivity index (χ2v) is 8.43. The van der Waals surface area contributed by atoms with E-state index >= 15 is 0 Å². The van der Waals surface area contributed by atoms with Crippen molar-refractivity contribution in [1.82, 2.24) is 24.2 Å². The molecule has 11 nitrogen and oxygen atoms in total. The number of rotatable bonds is 10. The Hall–Kier alpha value is -3.51. The molecular formula is C22H24BrN7O4. The average Bonchev–Trinajstić information content (AvgIpc) is 3.52. The minimum atomic E-state index is -0.575. The first-order valence-corrected chi connectivity index (χ1v) is 11.6. The van der Waals surface area contributed by atoms with Crippen LogP contribution < -0.4 is 5.32 Å². The van der Waals surface area contributed by atoms with Crippen LogP contribution >= 0.6 is 15.9 Å². The van der Waals surface area contributed by atoms with Crippen LogP contribution in [0.15, 0.2) is 51.5 Å². The molecule has 0 aliphatic carbocycles. The Labute approximate surface area is 203 Å². The number of nitrogens with one attached hydrogen (secondary N) is 1. The zero-order valence-electron chi connectivity index (χ0n) is 18.8. The highest BCUT2D eigenvalue weighted by molar-refractivity contribution is 9.10. The van der Waals surface area contributed by atoms with Crippen molar-refractivity contribution in [2.45, 2.75) is 26.9 Å². The molecule has 1 aromatic carbocycles. The minimum absolute atomic E-state index is 0.109. The van der Waals surface area contributed by atoms with Crippen LogP contribution in [-0.4, -0.2) is 54.7 Å². The summed E-state index contributed by atoms with van der Waals surface area (Å²) in [5.41, 5.74) is 1.74. The Morgan fingerprint density at radius 3 is 2.71 bits per heavy atom. The van der Waals surface area contributed by atoms with Gasteiger partial charge in [-0.25, -0.2) is 4.98 Å². The summed E-state index contributed by atoms with van der Waals surface area (Å²) in [5.74, 6) is 0.275. The monoisotopic (exact) mass is 529 g/mol. The number of amides is 1. The fourth-order valence-corrected chi connectivity index (χ4v) is 4.14. The number of para-hydroxylation sites is 2. The SMILES string of the molecule is CCN(CC)CCn1c(NC(=O)c2ccc(Cn3cc(Br)c([N+](=O)[O-])n3)o2)nc2ccccc21. The van der Waals surface area contributed by atoms with Gasteiger partial charge in [0.25, 0.3) is 5.91 Å². The zero-order valence-corrected chi connectivity index (χ0v) is 20.4. The van der Waals surface area contributed by atoms with Crippen molar-refractivity contribution in [2.75, 3.05) is 25.0 Å². The van der Waals surface area contributed by atoms with E-state index < -0.39 is 10.8 Å². The van der Waals surface area contributed by atoms with E-state index in [1.165, 1.54) is 10.9 Å². The van der Waals surface area contributed by atoms with Crippen molar-refractivity contribution in [3.63, 3.8) is 0 Å². The lowest BCUT2D eigenvalue weighted by molar-refractivity contribution is -0.390. The predicted molar refractivity (Wildman–Crippen MR) is 130 cm³/mol. The number of aromatic nitrogens is 4. The minimum Gasteiger partial charge on any atom is -0.454 e. The molecule has 0 spiro atoms. The highest BCUT2D eigenvalue weighted by atomic mass is 79.9. The van der Waals surface area contributed by atoms with E-state index in [1.54, 1.807) is 12.1 Å². The molecule has 0 saturated carbocycles. The lowest BCUT2D eigenvalue weighted by Gasteiger charge is -2.19. The average molecular weight is 530 g/mol. The number of fused-ring (bicyclic) bond motifs is 1. The maximum Gasteiger partial charge on any atom is 0.404 e. The Morgan fingerprint density at radius 1 is 1.24 bits per heavy atom. The molecule has 0 atom stereocenters. The van der Waals surface area contributed by atoms with Gasteiger partial charge in [-0.2, -0.15) is 4.68 Å². The largest absolute Gasteiger partial charge is 0.454 e. The van der Waals surface area contributed by atoms with Gasteiger partial charge in [-0.3, -0.25) is 10.1 Å². The third-order valence-electron chi connectivity index (χ3n) is 5.49. The summed E-state index contributed by atoms with van der Waals surface area (Å²) in [6, 6.07) is 10.9. The molecule has 0 fully saturated rings. The third-order valence-corrected chi connectivity index (χ3v) is 6.05. The number of halogens is 1. The number of hydrogen-bond acceptors (Lipinski definition) is 7. The molecular weight excluding hydrogens is 506 g/mol. The number of nitrogens with zero attached hydrogens (tertiary/aromatic N) is 6. The van der Waals surface area contributed by atoms with Gasteiger partial charge in [-0.15, -0.1) is 0 Å². The molecule has 0 unspecified atom stereocenters.